The smallest absolute Gasteiger partial charge is 0.195 e. The summed E-state index contributed by atoms with van der Waals surface area (Å²) in [7, 11) is -3.48. The zero-order valence-electron chi connectivity index (χ0n) is 13.0. The topological polar surface area (TPSA) is 40.6 Å². The van der Waals surface area contributed by atoms with Crippen LogP contribution in [0.25, 0.3) is 0 Å². The maximum absolute atomic E-state index is 13.0. The summed E-state index contributed by atoms with van der Waals surface area (Å²) in [4.78, 5) is 0.938. The molecule has 2 atom stereocenters. The fraction of sp³-hybridized carbons (Fsp3) is 0.600. The lowest BCUT2D eigenvalue weighted by Crippen LogP contribution is -2.49. The third kappa shape index (κ3) is 4.32. The van der Waals surface area contributed by atoms with Crippen molar-refractivity contribution in [2.45, 2.75) is 26.8 Å². The minimum atomic E-state index is -3.48. The quantitative estimate of drug-likeness (QED) is 0.725. The Morgan fingerprint density at radius 3 is 2.55 bits per heavy atom. The monoisotopic (exact) mass is 362 g/mol. The van der Waals surface area contributed by atoms with Gasteiger partial charge in [-0.05, 0) is 30.4 Å². The number of hydrogen-bond acceptors (Lipinski definition) is 3. The normalized spacial score (nSPS) is 23.8. The predicted octanol–water partition coefficient (Wildman–Crippen LogP) is 3.61. The van der Waals surface area contributed by atoms with Gasteiger partial charge in [-0.2, -0.15) is 17.0 Å². The lowest BCUT2D eigenvalue weighted by molar-refractivity contribution is 0.209. The van der Waals surface area contributed by atoms with E-state index in [2.05, 4.69) is 20.4 Å². The van der Waals surface area contributed by atoms with Crippen molar-refractivity contribution in [1.82, 2.24) is 8.61 Å². The van der Waals surface area contributed by atoms with Crippen LogP contribution in [0.5, 0.6) is 0 Å². The molecule has 1 aromatic rings. The van der Waals surface area contributed by atoms with Crippen molar-refractivity contribution in [3.05, 3.63) is 34.0 Å². The van der Waals surface area contributed by atoms with E-state index in [1.807, 2.05) is 6.07 Å². The second kappa shape index (κ2) is 7.45. The second-order valence-electron chi connectivity index (χ2n) is 6.06. The van der Waals surface area contributed by atoms with Gasteiger partial charge in [-0.15, -0.1) is 17.9 Å². The first-order chi connectivity index (χ1) is 10.3. The van der Waals surface area contributed by atoms with E-state index in [4.69, 9.17) is 11.6 Å². The van der Waals surface area contributed by atoms with Gasteiger partial charge in [0, 0.05) is 31.1 Å². The van der Waals surface area contributed by atoms with Crippen LogP contribution in [-0.2, 0) is 16.8 Å². The van der Waals surface area contributed by atoms with E-state index in [9.17, 15) is 8.42 Å². The highest BCUT2D eigenvalue weighted by molar-refractivity contribution is 7.86. The summed E-state index contributed by atoms with van der Waals surface area (Å²) in [6.45, 7) is 9.72. The van der Waals surface area contributed by atoms with Crippen LogP contribution < -0.4 is 0 Å². The lowest BCUT2D eigenvalue weighted by atomic mass is 9.94. The van der Waals surface area contributed by atoms with Crippen LogP contribution >= 0.6 is 22.9 Å². The third-order valence-corrected chi connectivity index (χ3v) is 6.88. The van der Waals surface area contributed by atoms with Crippen molar-refractivity contribution in [2.24, 2.45) is 11.8 Å². The molecule has 4 nitrogen and oxygen atoms in total. The van der Waals surface area contributed by atoms with Crippen molar-refractivity contribution in [1.29, 1.82) is 0 Å². The molecule has 0 aliphatic carbocycles. The fourth-order valence-electron chi connectivity index (χ4n) is 2.95. The van der Waals surface area contributed by atoms with Gasteiger partial charge in [-0.3, -0.25) is 0 Å². The molecule has 0 saturated carbocycles. The largest absolute Gasteiger partial charge is 0.282 e. The van der Waals surface area contributed by atoms with Gasteiger partial charge in [-0.25, -0.2) is 0 Å². The van der Waals surface area contributed by atoms with E-state index in [-0.39, 0.29) is 0 Å². The molecule has 0 amide bonds. The van der Waals surface area contributed by atoms with Crippen LogP contribution in [0.3, 0.4) is 0 Å². The maximum atomic E-state index is 13.0. The number of halogens is 1. The molecule has 124 valence electrons. The van der Waals surface area contributed by atoms with Gasteiger partial charge < -0.3 is 0 Å². The second-order valence-corrected chi connectivity index (χ2v) is 9.79. The Morgan fingerprint density at radius 1 is 1.41 bits per heavy atom. The van der Waals surface area contributed by atoms with E-state index in [0.717, 1.165) is 11.3 Å². The Kier molecular flexibility index (Phi) is 6.07. The van der Waals surface area contributed by atoms with Crippen molar-refractivity contribution in [3.8, 4) is 0 Å². The number of piperidine rings is 1. The standard InChI is InChI=1S/C15H23ClN2O2S2/c1-4-7-17(11-14-5-6-15(16)21-14)22(19,20)18-9-12(2)8-13(3)10-18/h4-6,12-13H,1,7-11H2,2-3H3. The van der Waals surface area contributed by atoms with Crippen LogP contribution in [-0.4, -0.2) is 36.7 Å². The summed E-state index contributed by atoms with van der Waals surface area (Å²) >= 11 is 7.35. The highest BCUT2D eigenvalue weighted by atomic mass is 35.5. The Labute approximate surface area is 142 Å². The summed E-state index contributed by atoms with van der Waals surface area (Å²) < 4.78 is 29.7. The molecule has 0 N–H and O–H groups in total. The number of hydrogen-bond donors (Lipinski definition) is 0. The van der Waals surface area contributed by atoms with Gasteiger partial charge in [0.2, 0.25) is 0 Å². The van der Waals surface area contributed by atoms with Gasteiger partial charge >= 0.3 is 0 Å². The van der Waals surface area contributed by atoms with Gasteiger partial charge in [0.1, 0.15) is 0 Å². The Hall–Kier alpha value is -0.400. The van der Waals surface area contributed by atoms with Gasteiger partial charge in [0.15, 0.2) is 0 Å². The first-order valence-electron chi connectivity index (χ1n) is 7.43. The van der Waals surface area contributed by atoms with Crippen LogP contribution in [0.15, 0.2) is 24.8 Å². The molecule has 2 heterocycles. The van der Waals surface area contributed by atoms with Crippen molar-refractivity contribution >= 4 is 33.1 Å². The zero-order chi connectivity index (χ0) is 16.3. The molecule has 2 rings (SSSR count). The molecule has 2 unspecified atom stereocenters. The molecule has 0 spiro atoms. The van der Waals surface area contributed by atoms with Crippen molar-refractivity contribution in [2.75, 3.05) is 19.6 Å². The van der Waals surface area contributed by atoms with E-state index in [1.54, 1.807) is 16.4 Å². The van der Waals surface area contributed by atoms with E-state index in [0.29, 0.717) is 42.4 Å². The Morgan fingerprint density at radius 2 is 2.05 bits per heavy atom. The molecule has 1 aromatic heterocycles. The van der Waals surface area contributed by atoms with E-state index in [1.165, 1.54) is 15.6 Å². The summed E-state index contributed by atoms with van der Waals surface area (Å²) in [6, 6.07) is 3.67. The molecule has 0 bridgehead atoms. The molecular weight excluding hydrogens is 340 g/mol. The van der Waals surface area contributed by atoms with Gasteiger partial charge in [0.05, 0.1) is 4.34 Å². The first-order valence-corrected chi connectivity index (χ1v) is 10.0. The predicted molar refractivity (Wildman–Crippen MR) is 93.4 cm³/mol. The minimum Gasteiger partial charge on any atom is -0.195 e. The summed E-state index contributed by atoms with van der Waals surface area (Å²) in [5, 5.41) is 0. The lowest BCUT2D eigenvalue weighted by Gasteiger charge is -2.36. The minimum absolute atomic E-state index is 0.303. The molecule has 0 aromatic carbocycles. The maximum Gasteiger partial charge on any atom is 0.282 e. The summed E-state index contributed by atoms with van der Waals surface area (Å²) in [5.41, 5.74) is 0. The molecule has 22 heavy (non-hydrogen) atoms. The van der Waals surface area contributed by atoms with Crippen LogP contribution in [0.2, 0.25) is 4.34 Å². The number of thiophene rings is 1. The van der Waals surface area contributed by atoms with Gasteiger partial charge in [-0.1, -0.05) is 31.5 Å². The summed E-state index contributed by atoms with van der Waals surface area (Å²) in [6.07, 6.45) is 2.71. The Bertz CT molecular complexity index is 605. The third-order valence-electron chi connectivity index (χ3n) is 3.78. The van der Waals surface area contributed by atoms with Crippen LogP contribution in [0.4, 0.5) is 0 Å². The zero-order valence-corrected chi connectivity index (χ0v) is 15.4. The first kappa shape index (κ1) is 17.9. The number of nitrogens with zero attached hydrogens (tertiary/aromatic N) is 2. The van der Waals surface area contributed by atoms with E-state index < -0.39 is 10.2 Å². The highest BCUT2D eigenvalue weighted by Gasteiger charge is 2.34. The Balaban J connectivity index is 2.19. The molecule has 0 radical (unpaired) electrons. The van der Waals surface area contributed by atoms with Crippen LogP contribution in [0, 0.1) is 11.8 Å². The summed E-state index contributed by atoms with van der Waals surface area (Å²) in [5.74, 6) is 0.778. The fourth-order valence-corrected chi connectivity index (χ4v) is 5.95. The molecule has 7 heteroatoms. The van der Waals surface area contributed by atoms with Crippen molar-refractivity contribution < 1.29 is 8.42 Å². The molecular formula is C15H23ClN2O2S2. The highest BCUT2D eigenvalue weighted by Crippen LogP contribution is 2.27. The van der Waals surface area contributed by atoms with E-state index >= 15 is 0 Å². The van der Waals surface area contributed by atoms with Crippen LogP contribution in [0.1, 0.15) is 25.1 Å². The molecule has 1 saturated heterocycles. The van der Waals surface area contributed by atoms with Gasteiger partial charge in [0.25, 0.3) is 10.2 Å². The molecule has 1 fully saturated rings. The average Bonchev–Trinajstić information content (AvgIpc) is 2.82. The molecule has 1 aliphatic heterocycles. The SMILES string of the molecule is C=CCN(Cc1ccc(Cl)s1)S(=O)(=O)N1CC(C)CC(C)C1. The molecule has 1 aliphatic rings. The average molecular weight is 363 g/mol. The number of rotatable bonds is 6. The van der Waals surface area contributed by atoms with Crippen molar-refractivity contribution in [3.63, 3.8) is 0 Å².